The van der Waals surface area contributed by atoms with Crippen LogP contribution in [0.3, 0.4) is 0 Å². The summed E-state index contributed by atoms with van der Waals surface area (Å²) in [6, 6.07) is 2.07. The van der Waals surface area contributed by atoms with Gasteiger partial charge in [-0.2, -0.15) is 0 Å². The van der Waals surface area contributed by atoms with Crippen molar-refractivity contribution in [2.45, 2.75) is 26.7 Å². The van der Waals surface area contributed by atoms with E-state index in [2.05, 4.69) is 31.5 Å². The number of aryl methyl sites for hydroxylation is 1. The molecule has 1 aromatic heterocycles. The molecule has 0 spiro atoms. The largest absolute Gasteiger partial charge is 0.264 e. The van der Waals surface area contributed by atoms with Gasteiger partial charge in [0.1, 0.15) is 0 Å². The van der Waals surface area contributed by atoms with Crippen molar-refractivity contribution >= 4 is 5.57 Å². The van der Waals surface area contributed by atoms with Crippen LogP contribution in [0, 0.1) is 0 Å². The molecular weight excluding hydrogens is 146 g/mol. The summed E-state index contributed by atoms with van der Waals surface area (Å²) in [6.07, 6.45) is 5.80. The maximum Gasteiger partial charge on any atom is 0.0345 e. The highest BCUT2D eigenvalue weighted by molar-refractivity contribution is 5.65. The van der Waals surface area contributed by atoms with Gasteiger partial charge in [0, 0.05) is 12.4 Å². The second kappa shape index (κ2) is 4.05. The van der Waals surface area contributed by atoms with E-state index < -0.39 is 0 Å². The number of rotatable bonds is 3. The van der Waals surface area contributed by atoms with Crippen LogP contribution in [0.15, 0.2) is 25.0 Å². The van der Waals surface area contributed by atoms with E-state index in [-0.39, 0.29) is 0 Å². The number of allylic oxidation sites excluding steroid dienone is 1. The van der Waals surface area contributed by atoms with Crippen molar-refractivity contribution in [1.29, 1.82) is 0 Å². The van der Waals surface area contributed by atoms with Gasteiger partial charge in [-0.25, -0.2) is 0 Å². The molecule has 0 aliphatic carbocycles. The van der Waals surface area contributed by atoms with Gasteiger partial charge < -0.3 is 0 Å². The van der Waals surface area contributed by atoms with Crippen molar-refractivity contribution in [3.63, 3.8) is 0 Å². The number of nitrogens with zero attached hydrogens (tertiary/aromatic N) is 1. The Morgan fingerprint density at radius 3 is 2.83 bits per heavy atom. The van der Waals surface area contributed by atoms with E-state index in [0.717, 1.165) is 12.8 Å². The summed E-state index contributed by atoms with van der Waals surface area (Å²) < 4.78 is 0. The summed E-state index contributed by atoms with van der Waals surface area (Å²) in [7, 11) is 0. The lowest BCUT2D eigenvalue weighted by atomic mass is 10.0. The van der Waals surface area contributed by atoms with Crippen molar-refractivity contribution < 1.29 is 0 Å². The third-order valence-electron chi connectivity index (χ3n) is 2.10. The summed E-state index contributed by atoms with van der Waals surface area (Å²) in [5.41, 5.74) is 3.75. The smallest absolute Gasteiger partial charge is 0.0345 e. The normalized spacial score (nSPS) is 9.83. The van der Waals surface area contributed by atoms with E-state index in [0.29, 0.717) is 0 Å². The molecule has 0 fully saturated rings. The average Bonchev–Trinajstić information content (AvgIpc) is 2.16. The van der Waals surface area contributed by atoms with Crippen LogP contribution in [0.4, 0.5) is 0 Å². The fourth-order valence-electron chi connectivity index (χ4n) is 1.24. The first-order valence-corrected chi connectivity index (χ1v) is 4.40. The standard InChI is InChI=1S/C11H15N/c1-4-9(3)11-8-12-7-6-10(11)5-2/h6-8H,3-5H2,1-2H3. The van der Waals surface area contributed by atoms with E-state index in [1.807, 2.05) is 12.4 Å². The van der Waals surface area contributed by atoms with E-state index in [1.54, 1.807) is 0 Å². The van der Waals surface area contributed by atoms with Crippen LogP contribution in [0.2, 0.25) is 0 Å². The molecule has 1 rings (SSSR count). The van der Waals surface area contributed by atoms with Crippen LogP contribution in [-0.4, -0.2) is 4.98 Å². The van der Waals surface area contributed by atoms with Gasteiger partial charge in [-0.05, 0) is 35.6 Å². The zero-order valence-electron chi connectivity index (χ0n) is 7.80. The van der Waals surface area contributed by atoms with Gasteiger partial charge >= 0.3 is 0 Å². The average molecular weight is 161 g/mol. The summed E-state index contributed by atoms with van der Waals surface area (Å²) in [6.45, 7) is 8.29. The maximum atomic E-state index is 4.10. The highest BCUT2D eigenvalue weighted by Gasteiger charge is 2.01. The molecule has 1 heterocycles. The van der Waals surface area contributed by atoms with Gasteiger partial charge in [0.2, 0.25) is 0 Å². The monoisotopic (exact) mass is 161 g/mol. The van der Waals surface area contributed by atoms with Crippen molar-refractivity contribution in [3.8, 4) is 0 Å². The molecule has 0 amide bonds. The van der Waals surface area contributed by atoms with Gasteiger partial charge in [0.05, 0.1) is 0 Å². The first-order chi connectivity index (χ1) is 5.79. The van der Waals surface area contributed by atoms with Gasteiger partial charge in [0.15, 0.2) is 0 Å². The lowest BCUT2D eigenvalue weighted by Gasteiger charge is -2.07. The Kier molecular flexibility index (Phi) is 3.03. The van der Waals surface area contributed by atoms with Crippen molar-refractivity contribution in [1.82, 2.24) is 4.98 Å². The summed E-state index contributed by atoms with van der Waals surface area (Å²) >= 11 is 0. The van der Waals surface area contributed by atoms with Crippen LogP contribution < -0.4 is 0 Å². The number of pyridine rings is 1. The van der Waals surface area contributed by atoms with Crippen LogP contribution in [0.25, 0.3) is 5.57 Å². The molecule has 0 bridgehead atoms. The number of aromatic nitrogens is 1. The summed E-state index contributed by atoms with van der Waals surface area (Å²) in [5.74, 6) is 0. The topological polar surface area (TPSA) is 12.9 Å². The van der Waals surface area contributed by atoms with E-state index >= 15 is 0 Å². The van der Waals surface area contributed by atoms with Gasteiger partial charge in [-0.15, -0.1) is 0 Å². The van der Waals surface area contributed by atoms with Crippen LogP contribution in [0.5, 0.6) is 0 Å². The van der Waals surface area contributed by atoms with E-state index in [4.69, 9.17) is 0 Å². The Hall–Kier alpha value is -1.11. The minimum Gasteiger partial charge on any atom is -0.264 e. The Morgan fingerprint density at radius 2 is 2.25 bits per heavy atom. The van der Waals surface area contributed by atoms with Gasteiger partial charge in [0.25, 0.3) is 0 Å². The number of hydrogen-bond donors (Lipinski definition) is 0. The van der Waals surface area contributed by atoms with Gasteiger partial charge in [-0.1, -0.05) is 20.4 Å². The Labute approximate surface area is 74.2 Å². The van der Waals surface area contributed by atoms with Crippen LogP contribution >= 0.6 is 0 Å². The molecule has 64 valence electrons. The van der Waals surface area contributed by atoms with E-state index in [1.165, 1.54) is 16.7 Å². The fraction of sp³-hybridized carbons (Fsp3) is 0.364. The Morgan fingerprint density at radius 1 is 1.50 bits per heavy atom. The molecule has 0 radical (unpaired) electrons. The molecule has 0 unspecified atom stereocenters. The van der Waals surface area contributed by atoms with E-state index in [9.17, 15) is 0 Å². The third-order valence-corrected chi connectivity index (χ3v) is 2.10. The molecule has 1 heteroatoms. The second-order valence-corrected chi connectivity index (χ2v) is 2.84. The molecule has 1 aromatic rings. The van der Waals surface area contributed by atoms with Crippen molar-refractivity contribution in [2.75, 3.05) is 0 Å². The SMILES string of the molecule is C=C(CC)c1cnccc1CC. The van der Waals surface area contributed by atoms with Crippen molar-refractivity contribution in [3.05, 3.63) is 36.2 Å². The third kappa shape index (κ3) is 1.73. The predicted molar refractivity (Wildman–Crippen MR) is 52.9 cm³/mol. The second-order valence-electron chi connectivity index (χ2n) is 2.84. The Balaban J connectivity index is 3.04. The molecule has 0 saturated heterocycles. The van der Waals surface area contributed by atoms with Gasteiger partial charge in [-0.3, -0.25) is 4.98 Å². The minimum atomic E-state index is 0.999. The molecule has 0 aliphatic rings. The highest BCUT2D eigenvalue weighted by atomic mass is 14.6. The summed E-state index contributed by atoms with van der Waals surface area (Å²) in [5, 5.41) is 0. The van der Waals surface area contributed by atoms with Crippen LogP contribution in [0.1, 0.15) is 31.4 Å². The lowest BCUT2D eigenvalue weighted by molar-refractivity contribution is 1.09. The molecule has 0 aliphatic heterocycles. The minimum absolute atomic E-state index is 0.999. The first kappa shape index (κ1) is 8.98. The molecule has 1 nitrogen and oxygen atoms in total. The maximum absolute atomic E-state index is 4.10. The molecular formula is C11H15N. The predicted octanol–water partition coefficient (Wildman–Crippen LogP) is 3.07. The Bertz CT molecular complexity index is 276. The van der Waals surface area contributed by atoms with Crippen LogP contribution in [-0.2, 0) is 6.42 Å². The molecule has 0 atom stereocenters. The first-order valence-electron chi connectivity index (χ1n) is 4.40. The zero-order chi connectivity index (χ0) is 8.97. The number of hydrogen-bond acceptors (Lipinski definition) is 1. The lowest BCUT2D eigenvalue weighted by Crippen LogP contribution is -1.91. The highest BCUT2D eigenvalue weighted by Crippen LogP contribution is 2.19. The molecule has 0 aromatic carbocycles. The zero-order valence-corrected chi connectivity index (χ0v) is 7.80. The molecule has 12 heavy (non-hydrogen) atoms. The summed E-state index contributed by atoms with van der Waals surface area (Å²) in [4.78, 5) is 4.10. The van der Waals surface area contributed by atoms with Crippen molar-refractivity contribution in [2.24, 2.45) is 0 Å². The quantitative estimate of drug-likeness (QED) is 0.664. The fourth-order valence-corrected chi connectivity index (χ4v) is 1.24. The molecule has 0 N–H and O–H groups in total. The molecule has 0 saturated carbocycles.